The number of ether oxygens (including phenoxy) is 2. The number of cyclic esters (lactones) is 1. The van der Waals surface area contributed by atoms with Crippen LogP contribution < -0.4 is 4.74 Å². The van der Waals surface area contributed by atoms with Crippen LogP contribution in [0.2, 0.25) is 0 Å². The van der Waals surface area contributed by atoms with Gasteiger partial charge in [0.05, 0.1) is 5.57 Å². The lowest BCUT2D eigenvalue weighted by Gasteiger charge is -1.99. The summed E-state index contributed by atoms with van der Waals surface area (Å²) in [5.74, 6) is -0.190. The van der Waals surface area contributed by atoms with Gasteiger partial charge in [-0.3, -0.25) is 0 Å². The van der Waals surface area contributed by atoms with E-state index in [1.54, 1.807) is 0 Å². The predicted molar refractivity (Wildman–Crippen MR) is 55.3 cm³/mol. The second-order valence-corrected chi connectivity index (χ2v) is 3.63. The van der Waals surface area contributed by atoms with Crippen molar-refractivity contribution in [3.63, 3.8) is 0 Å². The summed E-state index contributed by atoms with van der Waals surface area (Å²) in [5, 5.41) is 0. The molecule has 0 aliphatic carbocycles. The summed E-state index contributed by atoms with van der Waals surface area (Å²) in [5.41, 5.74) is 0.497. The minimum Gasteiger partial charge on any atom is -0.464 e. The number of hydrogen-bond acceptors (Lipinski definition) is 3. The summed E-state index contributed by atoms with van der Waals surface area (Å²) in [6.07, 6.45) is 1.80. The topological polar surface area (TPSA) is 35.5 Å². The molecule has 1 aliphatic heterocycles. The Hall–Kier alpha value is -1.84. The summed E-state index contributed by atoms with van der Waals surface area (Å²) in [4.78, 5) is 11.2. The van der Waals surface area contributed by atoms with Crippen molar-refractivity contribution in [2.75, 3.05) is 0 Å². The van der Waals surface area contributed by atoms with E-state index in [1.165, 1.54) is 30.5 Å². The Bertz CT molecular complexity index is 422. The summed E-state index contributed by atoms with van der Waals surface area (Å²) < 4.78 is 22.8. The maximum absolute atomic E-state index is 12.6. The van der Waals surface area contributed by atoms with Gasteiger partial charge in [-0.2, -0.15) is 0 Å². The fourth-order valence-electron chi connectivity index (χ4n) is 1.44. The number of carbonyl (C=O) groups excluding carboxylic acids is 1. The Labute approximate surface area is 92.5 Å². The van der Waals surface area contributed by atoms with Gasteiger partial charge < -0.3 is 9.47 Å². The van der Waals surface area contributed by atoms with Crippen LogP contribution in [0.4, 0.5) is 4.39 Å². The fourth-order valence-corrected chi connectivity index (χ4v) is 1.44. The summed E-state index contributed by atoms with van der Waals surface area (Å²) >= 11 is 0. The Morgan fingerprint density at radius 1 is 1.44 bits per heavy atom. The molecule has 0 spiro atoms. The largest absolute Gasteiger partial charge is 0.464 e. The van der Waals surface area contributed by atoms with Crippen molar-refractivity contribution in [2.45, 2.75) is 19.4 Å². The monoisotopic (exact) mass is 222 g/mol. The molecule has 1 atom stereocenters. The van der Waals surface area contributed by atoms with Crippen molar-refractivity contribution in [3.05, 3.63) is 41.9 Å². The average molecular weight is 222 g/mol. The van der Waals surface area contributed by atoms with E-state index in [2.05, 4.69) is 0 Å². The molecular formula is C12H11FO3. The van der Waals surface area contributed by atoms with E-state index < -0.39 is 0 Å². The first-order valence-electron chi connectivity index (χ1n) is 4.97. The molecule has 1 heterocycles. The van der Waals surface area contributed by atoms with E-state index in [1.807, 2.05) is 6.92 Å². The minimum absolute atomic E-state index is 0.101. The maximum Gasteiger partial charge on any atom is 0.337 e. The first-order chi connectivity index (χ1) is 7.65. The van der Waals surface area contributed by atoms with Crippen LogP contribution in [0.15, 0.2) is 36.1 Å². The Kier molecular flexibility index (Phi) is 2.90. The van der Waals surface area contributed by atoms with Crippen LogP contribution in [0.3, 0.4) is 0 Å². The van der Waals surface area contributed by atoms with Crippen LogP contribution in [-0.2, 0) is 9.53 Å². The van der Waals surface area contributed by atoms with Crippen LogP contribution in [0.1, 0.15) is 13.3 Å². The van der Waals surface area contributed by atoms with Crippen molar-refractivity contribution >= 4 is 5.97 Å². The molecule has 1 saturated heterocycles. The average Bonchev–Trinajstić information content (AvgIpc) is 2.57. The normalized spacial score (nSPS) is 22.2. The third kappa shape index (κ3) is 2.39. The van der Waals surface area contributed by atoms with Crippen LogP contribution in [0.5, 0.6) is 5.75 Å². The third-order valence-electron chi connectivity index (χ3n) is 2.23. The first kappa shape index (κ1) is 10.7. The van der Waals surface area contributed by atoms with Crippen molar-refractivity contribution in [3.8, 4) is 5.75 Å². The Morgan fingerprint density at radius 2 is 2.12 bits per heavy atom. The molecule has 1 fully saturated rings. The highest BCUT2D eigenvalue weighted by atomic mass is 19.1. The van der Waals surface area contributed by atoms with Gasteiger partial charge in [-0.15, -0.1) is 0 Å². The molecule has 1 aliphatic rings. The van der Waals surface area contributed by atoms with E-state index in [4.69, 9.17) is 9.47 Å². The molecule has 3 nitrogen and oxygen atoms in total. The van der Waals surface area contributed by atoms with E-state index in [9.17, 15) is 9.18 Å². The number of halogens is 1. The lowest BCUT2D eigenvalue weighted by Crippen LogP contribution is -2.00. The Balaban J connectivity index is 2.03. The molecule has 0 amide bonds. The zero-order valence-electron chi connectivity index (χ0n) is 8.77. The van der Waals surface area contributed by atoms with Gasteiger partial charge in [0.15, 0.2) is 0 Å². The molecule has 1 unspecified atom stereocenters. The predicted octanol–water partition coefficient (Wildman–Crippen LogP) is 2.42. The first-order valence-corrected chi connectivity index (χ1v) is 4.97. The van der Waals surface area contributed by atoms with Gasteiger partial charge in [0.2, 0.25) is 0 Å². The van der Waals surface area contributed by atoms with Crippen molar-refractivity contribution in [2.24, 2.45) is 0 Å². The highest BCUT2D eigenvalue weighted by molar-refractivity contribution is 5.90. The molecule has 4 heteroatoms. The molecule has 0 saturated carbocycles. The molecule has 16 heavy (non-hydrogen) atoms. The molecule has 1 aromatic carbocycles. The lowest BCUT2D eigenvalue weighted by molar-refractivity contribution is -0.138. The SMILES string of the molecule is CC1C/C(=C/Oc2ccc(F)cc2)C(=O)O1. The van der Waals surface area contributed by atoms with E-state index >= 15 is 0 Å². The molecule has 2 rings (SSSR count). The van der Waals surface area contributed by atoms with Crippen molar-refractivity contribution < 1.29 is 18.7 Å². The summed E-state index contributed by atoms with van der Waals surface area (Å²) in [7, 11) is 0. The van der Waals surface area contributed by atoms with Crippen molar-refractivity contribution in [1.29, 1.82) is 0 Å². The molecular weight excluding hydrogens is 211 g/mol. The van der Waals surface area contributed by atoms with E-state index in [0.717, 1.165) is 0 Å². The zero-order chi connectivity index (χ0) is 11.5. The van der Waals surface area contributed by atoms with E-state index in [-0.39, 0.29) is 17.9 Å². The smallest absolute Gasteiger partial charge is 0.337 e. The van der Waals surface area contributed by atoms with Gasteiger partial charge in [-0.05, 0) is 31.2 Å². The zero-order valence-corrected chi connectivity index (χ0v) is 8.77. The van der Waals surface area contributed by atoms with Gasteiger partial charge in [-0.25, -0.2) is 9.18 Å². The standard InChI is InChI=1S/C12H11FO3/c1-8-6-9(12(14)16-8)7-15-11-4-2-10(13)3-5-11/h2-5,7-8H,6H2,1H3/b9-7-. The molecule has 0 bridgehead atoms. The summed E-state index contributed by atoms with van der Waals surface area (Å²) in [6.45, 7) is 1.82. The lowest BCUT2D eigenvalue weighted by atomic mass is 10.2. The molecule has 0 radical (unpaired) electrons. The van der Waals surface area contributed by atoms with Gasteiger partial charge in [0, 0.05) is 6.42 Å². The van der Waals surface area contributed by atoms with Gasteiger partial charge in [-0.1, -0.05) is 0 Å². The van der Waals surface area contributed by atoms with Gasteiger partial charge in [0.1, 0.15) is 23.9 Å². The maximum atomic E-state index is 12.6. The highest BCUT2D eigenvalue weighted by Gasteiger charge is 2.25. The van der Waals surface area contributed by atoms with Gasteiger partial charge in [0.25, 0.3) is 0 Å². The van der Waals surface area contributed by atoms with Crippen LogP contribution in [0.25, 0.3) is 0 Å². The van der Waals surface area contributed by atoms with E-state index in [0.29, 0.717) is 17.7 Å². The molecule has 0 N–H and O–H groups in total. The minimum atomic E-state index is -0.352. The number of hydrogen-bond donors (Lipinski definition) is 0. The van der Waals surface area contributed by atoms with Crippen LogP contribution in [0, 0.1) is 5.82 Å². The van der Waals surface area contributed by atoms with Crippen LogP contribution in [-0.4, -0.2) is 12.1 Å². The second-order valence-electron chi connectivity index (χ2n) is 3.63. The number of rotatable bonds is 2. The Morgan fingerprint density at radius 3 is 2.69 bits per heavy atom. The van der Waals surface area contributed by atoms with Crippen molar-refractivity contribution in [1.82, 2.24) is 0 Å². The molecule has 84 valence electrons. The number of benzene rings is 1. The quantitative estimate of drug-likeness (QED) is 0.438. The fraction of sp³-hybridized carbons (Fsp3) is 0.250. The second kappa shape index (κ2) is 4.35. The number of carbonyl (C=O) groups is 1. The molecule has 1 aromatic rings. The number of esters is 1. The van der Waals surface area contributed by atoms with Gasteiger partial charge >= 0.3 is 5.97 Å². The molecule has 0 aromatic heterocycles. The highest BCUT2D eigenvalue weighted by Crippen LogP contribution is 2.20. The van der Waals surface area contributed by atoms with Crippen LogP contribution >= 0.6 is 0 Å². The summed E-state index contributed by atoms with van der Waals surface area (Å²) in [6, 6.07) is 5.58. The third-order valence-corrected chi connectivity index (χ3v) is 2.23.